The van der Waals surface area contributed by atoms with Gasteiger partial charge >= 0.3 is 0 Å². The number of rotatable bonds is 2. The van der Waals surface area contributed by atoms with E-state index >= 15 is 0 Å². The number of hydrogen-bond acceptors (Lipinski definition) is 5. The summed E-state index contributed by atoms with van der Waals surface area (Å²) in [4.78, 5) is 28.0. The average Bonchev–Trinajstić information content (AvgIpc) is 2.69. The minimum atomic E-state index is -0.513. The molecule has 1 saturated heterocycles. The van der Waals surface area contributed by atoms with Crippen molar-refractivity contribution in [2.75, 3.05) is 16.8 Å². The fraction of sp³-hybridized carbons (Fsp3) is 0.308. The number of nitrogens with one attached hydrogen (secondary N) is 2. The van der Waals surface area contributed by atoms with Crippen molar-refractivity contribution in [2.45, 2.75) is 12.5 Å². The summed E-state index contributed by atoms with van der Waals surface area (Å²) in [6.07, 6.45) is 0.452. The molecule has 1 aromatic heterocycles. The highest BCUT2D eigenvalue weighted by molar-refractivity contribution is 7.99. The second kappa shape index (κ2) is 6.21. The van der Waals surface area contributed by atoms with Crippen molar-refractivity contribution in [3.63, 3.8) is 0 Å². The van der Waals surface area contributed by atoms with Gasteiger partial charge in [-0.25, -0.2) is 4.98 Å². The molecule has 5 nitrogen and oxygen atoms in total. The maximum atomic E-state index is 12.2. The lowest BCUT2D eigenvalue weighted by Gasteiger charge is -2.13. The molecule has 8 heteroatoms. The van der Waals surface area contributed by atoms with E-state index in [0.717, 1.165) is 16.0 Å². The SMILES string of the molecule is O=C1CCSC[C@@H](C(=O)Nc2nc3ccc(Cl)cc3s2)N1. The van der Waals surface area contributed by atoms with Gasteiger partial charge in [-0.15, -0.1) is 0 Å². The van der Waals surface area contributed by atoms with E-state index in [9.17, 15) is 9.59 Å². The number of halogens is 1. The molecule has 0 unspecified atom stereocenters. The molecule has 2 heterocycles. The number of benzene rings is 1. The van der Waals surface area contributed by atoms with Crippen LogP contribution in [0, 0.1) is 0 Å². The van der Waals surface area contributed by atoms with Crippen LogP contribution >= 0.6 is 34.7 Å². The van der Waals surface area contributed by atoms with Gasteiger partial charge in [0.05, 0.1) is 10.2 Å². The smallest absolute Gasteiger partial charge is 0.249 e. The van der Waals surface area contributed by atoms with Crippen molar-refractivity contribution in [3.05, 3.63) is 23.2 Å². The summed E-state index contributed by atoms with van der Waals surface area (Å²) in [6, 6.07) is 4.87. The van der Waals surface area contributed by atoms with Gasteiger partial charge in [-0.3, -0.25) is 9.59 Å². The van der Waals surface area contributed by atoms with Crippen molar-refractivity contribution in [2.24, 2.45) is 0 Å². The first-order valence-electron chi connectivity index (χ1n) is 6.36. The van der Waals surface area contributed by atoms with E-state index in [4.69, 9.17) is 11.6 Å². The molecule has 2 amide bonds. The van der Waals surface area contributed by atoms with Crippen molar-refractivity contribution >= 4 is 61.9 Å². The Morgan fingerprint density at radius 2 is 2.33 bits per heavy atom. The highest BCUT2D eigenvalue weighted by Gasteiger charge is 2.24. The van der Waals surface area contributed by atoms with Crippen LogP contribution in [0.4, 0.5) is 5.13 Å². The number of aromatic nitrogens is 1. The van der Waals surface area contributed by atoms with Crippen LogP contribution in [0.2, 0.25) is 5.02 Å². The Hall–Kier alpha value is -1.31. The van der Waals surface area contributed by atoms with Crippen LogP contribution in [-0.4, -0.2) is 34.3 Å². The molecule has 0 spiro atoms. The zero-order valence-corrected chi connectivity index (χ0v) is 13.3. The van der Waals surface area contributed by atoms with Crippen molar-refractivity contribution in [1.82, 2.24) is 10.3 Å². The first kappa shape index (κ1) is 14.6. The minimum absolute atomic E-state index is 0.0868. The van der Waals surface area contributed by atoms with Crippen molar-refractivity contribution in [1.29, 1.82) is 0 Å². The van der Waals surface area contributed by atoms with E-state index in [0.29, 0.717) is 22.3 Å². The van der Waals surface area contributed by atoms with Crippen LogP contribution in [0.5, 0.6) is 0 Å². The standard InChI is InChI=1S/C13H12ClN3O2S2/c14-7-1-2-8-10(5-7)21-13(16-8)17-12(19)9-6-20-4-3-11(18)15-9/h1-2,5,9H,3-4,6H2,(H,15,18)(H,16,17,19)/t9-/m0/s1. The van der Waals surface area contributed by atoms with Crippen LogP contribution in [0.15, 0.2) is 18.2 Å². The molecule has 1 aliphatic rings. The number of carbonyl (C=O) groups excluding carboxylic acids is 2. The monoisotopic (exact) mass is 341 g/mol. The molecule has 0 aliphatic carbocycles. The van der Waals surface area contributed by atoms with Crippen molar-refractivity contribution in [3.8, 4) is 0 Å². The second-order valence-corrected chi connectivity index (χ2v) is 7.18. The Labute approximate surface area is 134 Å². The van der Waals surface area contributed by atoms with E-state index in [1.54, 1.807) is 17.8 Å². The van der Waals surface area contributed by atoms with Crippen LogP contribution in [0.3, 0.4) is 0 Å². The third-order valence-corrected chi connectivity index (χ3v) is 5.22. The summed E-state index contributed by atoms with van der Waals surface area (Å²) in [5.41, 5.74) is 0.791. The Balaban J connectivity index is 1.74. The fourth-order valence-electron chi connectivity index (χ4n) is 1.96. The first-order valence-corrected chi connectivity index (χ1v) is 8.71. The topological polar surface area (TPSA) is 71.1 Å². The maximum Gasteiger partial charge on any atom is 0.249 e. The minimum Gasteiger partial charge on any atom is -0.343 e. The van der Waals surface area contributed by atoms with Gasteiger partial charge in [-0.1, -0.05) is 22.9 Å². The summed E-state index contributed by atoms with van der Waals surface area (Å²) in [6.45, 7) is 0. The van der Waals surface area contributed by atoms with Gasteiger partial charge in [-0.2, -0.15) is 11.8 Å². The number of nitrogens with zero attached hydrogens (tertiary/aromatic N) is 1. The Morgan fingerprint density at radius 3 is 3.19 bits per heavy atom. The maximum absolute atomic E-state index is 12.2. The zero-order valence-electron chi connectivity index (χ0n) is 10.9. The third kappa shape index (κ3) is 3.48. The predicted molar refractivity (Wildman–Crippen MR) is 87.1 cm³/mol. The molecular weight excluding hydrogens is 330 g/mol. The molecule has 110 valence electrons. The molecule has 0 bridgehead atoms. The quantitative estimate of drug-likeness (QED) is 0.880. The number of carbonyl (C=O) groups is 2. The molecule has 0 saturated carbocycles. The summed E-state index contributed by atoms with van der Waals surface area (Å²) in [5.74, 6) is 1.00. The molecule has 2 N–H and O–H groups in total. The highest BCUT2D eigenvalue weighted by Crippen LogP contribution is 2.28. The molecule has 1 atom stereocenters. The largest absolute Gasteiger partial charge is 0.343 e. The summed E-state index contributed by atoms with van der Waals surface area (Å²) >= 11 is 8.89. The first-order chi connectivity index (χ1) is 10.1. The number of amides is 2. The van der Waals surface area contributed by atoms with E-state index < -0.39 is 6.04 Å². The molecule has 0 radical (unpaired) electrons. The lowest BCUT2D eigenvalue weighted by Crippen LogP contribution is -2.44. The Kier molecular flexibility index (Phi) is 4.32. The van der Waals surface area contributed by atoms with Gasteiger partial charge in [-0.05, 0) is 18.2 Å². The van der Waals surface area contributed by atoms with E-state index in [-0.39, 0.29) is 11.8 Å². The average molecular weight is 342 g/mol. The molecule has 2 aromatic rings. The number of thiazole rings is 1. The highest BCUT2D eigenvalue weighted by atomic mass is 35.5. The third-order valence-electron chi connectivity index (χ3n) is 2.99. The van der Waals surface area contributed by atoms with Gasteiger partial charge < -0.3 is 10.6 Å². The molecule has 1 aliphatic heterocycles. The molecule has 21 heavy (non-hydrogen) atoms. The van der Waals surface area contributed by atoms with Gasteiger partial charge in [0.1, 0.15) is 6.04 Å². The van der Waals surface area contributed by atoms with Crippen LogP contribution in [0.25, 0.3) is 10.2 Å². The molecule has 3 rings (SSSR count). The number of fused-ring (bicyclic) bond motifs is 1. The second-order valence-electron chi connectivity index (χ2n) is 4.57. The molecule has 1 fully saturated rings. The van der Waals surface area contributed by atoms with Gasteiger partial charge in [0.25, 0.3) is 0 Å². The van der Waals surface area contributed by atoms with Crippen LogP contribution in [-0.2, 0) is 9.59 Å². The number of thioether (sulfide) groups is 1. The molecular formula is C13H12ClN3O2S2. The summed E-state index contributed by atoms with van der Waals surface area (Å²) in [7, 11) is 0. The van der Waals surface area contributed by atoms with E-state index in [1.165, 1.54) is 11.3 Å². The lowest BCUT2D eigenvalue weighted by atomic mass is 10.3. The Bertz CT molecular complexity index is 704. The van der Waals surface area contributed by atoms with E-state index in [1.807, 2.05) is 12.1 Å². The molecule has 1 aromatic carbocycles. The number of anilines is 1. The van der Waals surface area contributed by atoms with Crippen LogP contribution in [0.1, 0.15) is 6.42 Å². The fourth-order valence-corrected chi connectivity index (χ4v) is 4.07. The van der Waals surface area contributed by atoms with Gasteiger partial charge in [0.15, 0.2) is 5.13 Å². The summed E-state index contributed by atoms with van der Waals surface area (Å²) < 4.78 is 0.914. The zero-order chi connectivity index (χ0) is 14.8. The normalized spacial score (nSPS) is 19.1. The van der Waals surface area contributed by atoms with Gasteiger partial charge in [0.2, 0.25) is 11.8 Å². The number of hydrogen-bond donors (Lipinski definition) is 2. The van der Waals surface area contributed by atoms with Crippen molar-refractivity contribution < 1.29 is 9.59 Å². The predicted octanol–water partition coefficient (Wildman–Crippen LogP) is 2.51. The lowest BCUT2D eigenvalue weighted by molar-refractivity contribution is -0.125. The van der Waals surface area contributed by atoms with E-state index in [2.05, 4.69) is 15.6 Å². The van der Waals surface area contributed by atoms with Gasteiger partial charge in [0, 0.05) is 22.9 Å². The Morgan fingerprint density at radius 1 is 1.48 bits per heavy atom. The summed E-state index contributed by atoms with van der Waals surface area (Å²) in [5, 5.41) is 6.64. The van der Waals surface area contributed by atoms with Crippen LogP contribution < -0.4 is 10.6 Å².